The fourth-order valence-electron chi connectivity index (χ4n) is 1.69. The van der Waals surface area contributed by atoms with E-state index in [4.69, 9.17) is 0 Å². The van der Waals surface area contributed by atoms with Crippen molar-refractivity contribution in [2.24, 2.45) is 0 Å². The summed E-state index contributed by atoms with van der Waals surface area (Å²) >= 11 is 0. The summed E-state index contributed by atoms with van der Waals surface area (Å²) in [6.45, 7) is 3.46. The van der Waals surface area contributed by atoms with Crippen LogP contribution >= 0.6 is 0 Å². The fraction of sp³-hybridized carbons (Fsp3) is 0.600. The second-order valence-electron chi connectivity index (χ2n) is 3.68. The summed E-state index contributed by atoms with van der Waals surface area (Å²) in [6.07, 6.45) is 2.16. The molecule has 1 aliphatic heterocycles. The van der Waals surface area contributed by atoms with E-state index >= 15 is 0 Å². The van der Waals surface area contributed by atoms with E-state index in [0.717, 1.165) is 24.6 Å². The van der Waals surface area contributed by atoms with Crippen molar-refractivity contribution in [2.45, 2.75) is 25.9 Å². The fourth-order valence-corrected chi connectivity index (χ4v) is 1.69. The van der Waals surface area contributed by atoms with Gasteiger partial charge < -0.3 is 4.90 Å². The molecule has 1 aromatic heterocycles. The first-order valence-electron chi connectivity index (χ1n) is 4.93. The van der Waals surface area contributed by atoms with Crippen LogP contribution in [-0.4, -0.2) is 29.2 Å². The maximum atomic E-state index is 12.9. The minimum Gasteiger partial charge on any atom is -0.356 e. The number of rotatable bonds is 1. The second-order valence-corrected chi connectivity index (χ2v) is 3.68. The summed E-state index contributed by atoms with van der Waals surface area (Å²) in [5, 5.41) is 0. The molecule has 0 aromatic carbocycles. The first-order valence-corrected chi connectivity index (χ1v) is 4.93. The summed E-state index contributed by atoms with van der Waals surface area (Å²) in [6, 6.07) is 1.94. The van der Waals surface area contributed by atoms with E-state index in [2.05, 4.69) is 14.9 Å². The molecule has 0 spiro atoms. The van der Waals surface area contributed by atoms with Gasteiger partial charge in [-0.1, -0.05) is 0 Å². The number of aryl methyl sites for hydroxylation is 1. The highest BCUT2D eigenvalue weighted by atomic mass is 19.1. The molecule has 2 rings (SSSR count). The van der Waals surface area contributed by atoms with Gasteiger partial charge in [-0.05, 0) is 19.8 Å². The number of alkyl halides is 1. The Bertz CT molecular complexity index is 308. The molecule has 0 unspecified atom stereocenters. The van der Waals surface area contributed by atoms with E-state index in [1.54, 1.807) is 6.33 Å². The Hall–Kier alpha value is -1.19. The number of hydrogen-bond acceptors (Lipinski definition) is 3. The molecule has 0 bridgehead atoms. The number of nitrogens with zero attached hydrogens (tertiary/aromatic N) is 3. The Morgan fingerprint density at radius 3 is 2.71 bits per heavy atom. The van der Waals surface area contributed by atoms with Crippen LogP contribution in [0.3, 0.4) is 0 Å². The third kappa shape index (κ3) is 2.00. The molecule has 76 valence electrons. The van der Waals surface area contributed by atoms with E-state index < -0.39 is 6.17 Å². The van der Waals surface area contributed by atoms with Crippen LogP contribution in [0.5, 0.6) is 0 Å². The van der Waals surface area contributed by atoms with Crippen LogP contribution in [0.4, 0.5) is 10.2 Å². The lowest BCUT2D eigenvalue weighted by Gasteiger charge is -2.29. The lowest BCUT2D eigenvalue weighted by Crippen LogP contribution is -2.34. The average Bonchev–Trinajstić information content (AvgIpc) is 2.19. The normalized spacial score (nSPS) is 18.6. The summed E-state index contributed by atoms with van der Waals surface area (Å²) in [5.74, 6) is 0.921. The number of halogens is 1. The monoisotopic (exact) mass is 195 g/mol. The quantitative estimate of drug-likeness (QED) is 0.683. The molecular weight excluding hydrogens is 181 g/mol. The SMILES string of the molecule is Cc1cc(N2CCC(F)CC2)ncn1. The van der Waals surface area contributed by atoms with Gasteiger partial charge >= 0.3 is 0 Å². The van der Waals surface area contributed by atoms with Crippen molar-refractivity contribution in [1.82, 2.24) is 9.97 Å². The van der Waals surface area contributed by atoms with Crippen LogP contribution in [0, 0.1) is 6.92 Å². The molecule has 0 N–H and O–H groups in total. The zero-order valence-electron chi connectivity index (χ0n) is 8.28. The molecule has 0 atom stereocenters. The smallest absolute Gasteiger partial charge is 0.132 e. The van der Waals surface area contributed by atoms with Gasteiger partial charge in [0.2, 0.25) is 0 Å². The van der Waals surface area contributed by atoms with Crippen molar-refractivity contribution in [3.63, 3.8) is 0 Å². The van der Waals surface area contributed by atoms with E-state index in [9.17, 15) is 4.39 Å². The number of aromatic nitrogens is 2. The van der Waals surface area contributed by atoms with Gasteiger partial charge in [-0.3, -0.25) is 0 Å². The first-order chi connectivity index (χ1) is 6.75. The van der Waals surface area contributed by atoms with Gasteiger partial charge in [0.25, 0.3) is 0 Å². The maximum absolute atomic E-state index is 12.9. The topological polar surface area (TPSA) is 29.0 Å². The highest BCUT2D eigenvalue weighted by molar-refractivity contribution is 5.38. The Kier molecular flexibility index (Phi) is 2.61. The van der Waals surface area contributed by atoms with Crippen LogP contribution in [-0.2, 0) is 0 Å². The summed E-state index contributed by atoms with van der Waals surface area (Å²) < 4.78 is 12.9. The molecular formula is C10H14FN3. The van der Waals surface area contributed by atoms with Gasteiger partial charge in [-0.25, -0.2) is 14.4 Å². The van der Waals surface area contributed by atoms with E-state index in [-0.39, 0.29) is 0 Å². The summed E-state index contributed by atoms with van der Waals surface area (Å²) in [4.78, 5) is 10.3. The van der Waals surface area contributed by atoms with Crippen molar-refractivity contribution in [3.8, 4) is 0 Å². The molecule has 14 heavy (non-hydrogen) atoms. The Morgan fingerprint density at radius 1 is 1.36 bits per heavy atom. The van der Waals surface area contributed by atoms with Crippen molar-refractivity contribution >= 4 is 5.82 Å². The van der Waals surface area contributed by atoms with Gasteiger partial charge in [0.05, 0.1) is 0 Å². The first kappa shape index (κ1) is 9.37. The van der Waals surface area contributed by atoms with Gasteiger partial charge in [0.15, 0.2) is 0 Å². The molecule has 3 nitrogen and oxygen atoms in total. The number of anilines is 1. The van der Waals surface area contributed by atoms with E-state index in [1.807, 2.05) is 13.0 Å². The van der Waals surface area contributed by atoms with Crippen LogP contribution in [0.15, 0.2) is 12.4 Å². The lowest BCUT2D eigenvalue weighted by molar-refractivity contribution is 0.276. The van der Waals surface area contributed by atoms with Crippen molar-refractivity contribution in [1.29, 1.82) is 0 Å². The molecule has 1 saturated heterocycles. The lowest BCUT2D eigenvalue weighted by atomic mass is 10.1. The van der Waals surface area contributed by atoms with Gasteiger partial charge in [-0.15, -0.1) is 0 Å². The molecule has 1 aliphatic rings. The van der Waals surface area contributed by atoms with Crippen LogP contribution in [0.1, 0.15) is 18.5 Å². The minimum absolute atomic E-state index is 0.614. The van der Waals surface area contributed by atoms with Crippen LogP contribution in [0.2, 0.25) is 0 Å². The largest absolute Gasteiger partial charge is 0.356 e. The minimum atomic E-state index is -0.630. The molecule has 0 aliphatic carbocycles. The van der Waals surface area contributed by atoms with E-state index in [0.29, 0.717) is 12.8 Å². The third-order valence-corrected chi connectivity index (χ3v) is 2.54. The molecule has 4 heteroatoms. The van der Waals surface area contributed by atoms with Crippen molar-refractivity contribution in [2.75, 3.05) is 18.0 Å². The predicted octanol–water partition coefficient (Wildman–Crippen LogP) is 1.72. The summed E-state index contributed by atoms with van der Waals surface area (Å²) in [7, 11) is 0. The van der Waals surface area contributed by atoms with Gasteiger partial charge in [0, 0.05) is 24.8 Å². The maximum Gasteiger partial charge on any atom is 0.132 e. The highest BCUT2D eigenvalue weighted by Crippen LogP contribution is 2.19. The Labute approximate surface area is 83.0 Å². The molecule has 0 saturated carbocycles. The molecule has 1 aromatic rings. The molecule has 2 heterocycles. The third-order valence-electron chi connectivity index (χ3n) is 2.54. The zero-order chi connectivity index (χ0) is 9.97. The Balaban J connectivity index is 2.08. The van der Waals surface area contributed by atoms with Crippen LogP contribution < -0.4 is 4.90 Å². The summed E-state index contributed by atoms with van der Waals surface area (Å²) in [5.41, 5.74) is 0.956. The second kappa shape index (κ2) is 3.90. The van der Waals surface area contributed by atoms with E-state index in [1.165, 1.54) is 0 Å². The number of piperidine rings is 1. The Morgan fingerprint density at radius 2 is 2.07 bits per heavy atom. The van der Waals surface area contributed by atoms with Crippen LogP contribution in [0.25, 0.3) is 0 Å². The average molecular weight is 195 g/mol. The highest BCUT2D eigenvalue weighted by Gasteiger charge is 2.19. The zero-order valence-corrected chi connectivity index (χ0v) is 8.28. The molecule has 1 fully saturated rings. The van der Waals surface area contributed by atoms with Crippen molar-refractivity contribution < 1.29 is 4.39 Å². The molecule has 0 amide bonds. The molecule has 0 radical (unpaired) electrons. The van der Waals surface area contributed by atoms with Gasteiger partial charge in [0.1, 0.15) is 18.3 Å². The standard InChI is InChI=1S/C10H14FN3/c1-8-6-10(13-7-12-8)14-4-2-9(11)3-5-14/h6-7,9H,2-5H2,1H3. The predicted molar refractivity (Wildman–Crippen MR) is 53.1 cm³/mol. The van der Waals surface area contributed by atoms with Gasteiger partial charge in [-0.2, -0.15) is 0 Å². The van der Waals surface area contributed by atoms with Crippen molar-refractivity contribution in [3.05, 3.63) is 18.1 Å². The number of hydrogen-bond donors (Lipinski definition) is 0.